The minimum atomic E-state index is -0.624. The van der Waals surface area contributed by atoms with Crippen LogP contribution in [-0.2, 0) is 16.0 Å². The molecule has 3 amide bonds. The molecule has 3 aromatic rings. The van der Waals surface area contributed by atoms with E-state index in [1.165, 1.54) is 23.9 Å². The van der Waals surface area contributed by atoms with Crippen molar-refractivity contribution >= 4 is 23.6 Å². The van der Waals surface area contributed by atoms with Gasteiger partial charge in [0, 0.05) is 30.6 Å². The average molecular weight is 525 g/mol. The van der Waals surface area contributed by atoms with Gasteiger partial charge in [-0.15, -0.1) is 0 Å². The molecule has 1 saturated heterocycles. The van der Waals surface area contributed by atoms with E-state index < -0.39 is 17.4 Å². The van der Waals surface area contributed by atoms with Crippen molar-refractivity contribution in [2.75, 3.05) is 20.2 Å². The number of fused-ring (bicyclic) bond motifs is 1. The lowest BCUT2D eigenvalue weighted by Crippen LogP contribution is -2.42. The maximum atomic E-state index is 12.8. The second-order valence-corrected chi connectivity index (χ2v) is 10.1. The number of H-pyrrole nitrogens is 1. The van der Waals surface area contributed by atoms with E-state index in [1.54, 1.807) is 29.2 Å². The predicted octanol–water partition coefficient (Wildman–Crippen LogP) is 2.15. The van der Waals surface area contributed by atoms with Gasteiger partial charge < -0.3 is 19.4 Å². The number of nitrogens with zero attached hydrogens (tertiary/aromatic N) is 3. The Kier molecular flexibility index (Phi) is 7.70. The fourth-order valence-corrected chi connectivity index (χ4v) is 4.41. The first-order valence-electron chi connectivity index (χ1n) is 12.4. The Morgan fingerprint density at radius 3 is 2.53 bits per heavy atom. The van der Waals surface area contributed by atoms with E-state index in [2.05, 4.69) is 20.9 Å². The van der Waals surface area contributed by atoms with Crippen LogP contribution in [0.5, 0.6) is 5.75 Å². The number of para-hydroxylation sites is 1. The van der Waals surface area contributed by atoms with Gasteiger partial charge in [0.05, 0.1) is 25.4 Å². The molecule has 12 heteroatoms. The summed E-state index contributed by atoms with van der Waals surface area (Å²) in [5, 5.41) is 4.33. The summed E-state index contributed by atoms with van der Waals surface area (Å²) in [6.45, 7) is 6.41. The van der Waals surface area contributed by atoms with E-state index in [0.717, 1.165) is 0 Å². The number of aromatic nitrogens is 3. The van der Waals surface area contributed by atoms with E-state index >= 15 is 0 Å². The summed E-state index contributed by atoms with van der Waals surface area (Å²) in [5.74, 6) is -0.542. The zero-order chi connectivity index (χ0) is 27.4. The minimum absolute atomic E-state index is 0.00201. The van der Waals surface area contributed by atoms with Crippen molar-refractivity contribution in [3.63, 3.8) is 0 Å². The van der Waals surface area contributed by atoms with Crippen LogP contribution in [0.3, 0.4) is 0 Å². The summed E-state index contributed by atoms with van der Waals surface area (Å²) in [4.78, 5) is 54.4. The molecule has 38 heavy (non-hydrogen) atoms. The van der Waals surface area contributed by atoms with Crippen LogP contribution in [0, 0.1) is 0 Å². The van der Waals surface area contributed by atoms with Crippen LogP contribution in [-0.4, -0.2) is 63.2 Å². The number of carbonyl (C=O) groups excluding carboxylic acids is 3. The van der Waals surface area contributed by atoms with Crippen LogP contribution in [0.15, 0.2) is 41.3 Å². The Morgan fingerprint density at radius 1 is 1.13 bits per heavy atom. The van der Waals surface area contributed by atoms with Crippen molar-refractivity contribution in [1.29, 1.82) is 0 Å². The molecule has 0 radical (unpaired) electrons. The molecule has 0 unspecified atom stereocenters. The second kappa shape index (κ2) is 11.0. The van der Waals surface area contributed by atoms with Crippen molar-refractivity contribution in [2.24, 2.45) is 0 Å². The monoisotopic (exact) mass is 524 g/mol. The summed E-state index contributed by atoms with van der Waals surface area (Å²) >= 11 is 0. The maximum Gasteiger partial charge on any atom is 0.410 e. The first-order valence-corrected chi connectivity index (χ1v) is 12.4. The molecule has 0 aliphatic carbocycles. The third-order valence-electron chi connectivity index (χ3n) is 6.20. The lowest BCUT2D eigenvalue weighted by Gasteiger charge is -2.33. The van der Waals surface area contributed by atoms with Gasteiger partial charge in [-0.3, -0.25) is 25.2 Å². The predicted molar refractivity (Wildman–Crippen MR) is 138 cm³/mol. The molecule has 2 aromatic heterocycles. The second-order valence-electron chi connectivity index (χ2n) is 10.1. The normalized spacial score (nSPS) is 14.3. The van der Waals surface area contributed by atoms with Gasteiger partial charge in [0.2, 0.25) is 5.91 Å². The fourth-order valence-electron chi connectivity index (χ4n) is 4.41. The lowest BCUT2D eigenvalue weighted by atomic mass is 9.93. The van der Waals surface area contributed by atoms with Crippen LogP contribution >= 0.6 is 0 Å². The topological polar surface area (TPSA) is 147 Å². The molecule has 12 nitrogen and oxygen atoms in total. The molecular weight excluding hydrogens is 492 g/mol. The van der Waals surface area contributed by atoms with Crippen LogP contribution < -0.4 is 21.1 Å². The quantitative estimate of drug-likeness (QED) is 0.433. The minimum Gasteiger partial charge on any atom is -0.496 e. The number of hydrogen-bond acceptors (Lipinski definition) is 7. The highest BCUT2D eigenvalue weighted by atomic mass is 16.6. The first-order chi connectivity index (χ1) is 18.1. The zero-order valence-electron chi connectivity index (χ0n) is 21.9. The van der Waals surface area contributed by atoms with E-state index in [4.69, 9.17) is 9.47 Å². The summed E-state index contributed by atoms with van der Waals surface area (Å²) < 4.78 is 12.2. The van der Waals surface area contributed by atoms with Crippen LogP contribution in [0.2, 0.25) is 0 Å². The van der Waals surface area contributed by atoms with Gasteiger partial charge in [-0.25, -0.2) is 9.31 Å². The highest BCUT2D eigenvalue weighted by molar-refractivity contribution is 6.00. The summed E-state index contributed by atoms with van der Waals surface area (Å²) in [5.41, 5.74) is 5.45. The molecule has 3 N–H and O–H groups in total. The third-order valence-corrected chi connectivity index (χ3v) is 6.20. The molecular formula is C26H32N6O6. The Morgan fingerprint density at radius 2 is 1.84 bits per heavy atom. The number of hydrogen-bond donors (Lipinski definition) is 3. The molecule has 0 atom stereocenters. The number of amides is 3. The van der Waals surface area contributed by atoms with Crippen molar-refractivity contribution < 1.29 is 23.9 Å². The van der Waals surface area contributed by atoms with Crippen molar-refractivity contribution in [1.82, 2.24) is 30.3 Å². The van der Waals surface area contributed by atoms with Gasteiger partial charge in [-0.2, -0.15) is 5.10 Å². The standard InChI is InChI=1S/C26H32N6O6/c1-26(2,3)38-25(36)31-11-9-16(10-12-31)19-14-21(33)28-23-18(15-27-32(19)23)24(35)30-29-22(34)13-17-7-5-6-8-20(17)37-4/h5-8,14-16H,9-13H2,1-4H3,(H,28,33)(H,29,34)(H,30,35). The maximum absolute atomic E-state index is 12.8. The number of nitrogens with one attached hydrogen (secondary N) is 3. The number of hydrazine groups is 1. The zero-order valence-corrected chi connectivity index (χ0v) is 21.9. The number of rotatable bonds is 5. The highest BCUT2D eigenvalue weighted by Crippen LogP contribution is 2.28. The van der Waals surface area contributed by atoms with Crippen LogP contribution in [0.1, 0.15) is 61.1 Å². The van der Waals surface area contributed by atoms with Gasteiger partial charge in [0.15, 0.2) is 0 Å². The van der Waals surface area contributed by atoms with Crippen molar-refractivity contribution in [2.45, 2.75) is 51.6 Å². The largest absolute Gasteiger partial charge is 0.496 e. The molecule has 1 aliphatic rings. The lowest BCUT2D eigenvalue weighted by molar-refractivity contribution is -0.121. The number of carbonyl (C=O) groups is 3. The smallest absolute Gasteiger partial charge is 0.410 e. The van der Waals surface area contributed by atoms with Crippen molar-refractivity contribution in [3.05, 3.63) is 63.7 Å². The van der Waals surface area contributed by atoms with E-state index in [0.29, 0.717) is 42.9 Å². The molecule has 0 bridgehead atoms. The molecule has 202 valence electrons. The van der Waals surface area contributed by atoms with Crippen LogP contribution in [0.25, 0.3) is 5.65 Å². The molecule has 4 rings (SSSR count). The van der Waals surface area contributed by atoms with E-state index in [1.807, 2.05) is 20.8 Å². The summed E-state index contributed by atoms with van der Waals surface area (Å²) in [7, 11) is 1.52. The van der Waals surface area contributed by atoms with Gasteiger partial charge in [-0.05, 0) is 39.7 Å². The Bertz CT molecular complexity index is 1400. The molecule has 1 aliphatic heterocycles. The average Bonchev–Trinajstić information content (AvgIpc) is 3.30. The van der Waals surface area contributed by atoms with Gasteiger partial charge in [0.1, 0.15) is 22.6 Å². The fraction of sp³-hybridized carbons (Fsp3) is 0.423. The number of ether oxygens (including phenoxy) is 2. The molecule has 1 aromatic carbocycles. The van der Waals surface area contributed by atoms with E-state index in [9.17, 15) is 19.2 Å². The Hall–Kier alpha value is -4.35. The number of piperidine rings is 1. The van der Waals surface area contributed by atoms with Crippen molar-refractivity contribution in [3.8, 4) is 5.75 Å². The molecule has 0 saturated carbocycles. The van der Waals surface area contributed by atoms with Crippen LogP contribution in [0.4, 0.5) is 4.79 Å². The number of likely N-dealkylation sites (tertiary alicyclic amines) is 1. The first kappa shape index (κ1) is 26.7. The van der Waals surface area contributed by atoms with Gasteiger partial charge in [-0.1, -0.05) is 18.2 Å². The SMILES string of the molecule is COc1ccccc1CC(=O)NNC(=O)c1cnn2c(C3CCN(C(=O)OC(C)(C)C)CC3)cc(=O)[nH]c12. The molecule has 0 spiro atoms. The molecule has 1 fully saturated rings. The third kappa shape index (κ3) is 6.13. The van der Waals surface area contributed by atoms with E-state index in [-0.39, 0.29) is 35.2 Å². The summed E-state index contributed by atoms with van der Waals surface area (Å²) in [6, 6.07) is 8.56. The summed E-state index contributed by atoms with van der Waals surface area (Å²) in [6.07, 6.45) is 2.20. The number of aromatic amines is 1. The highest BCUT2D eigenvalue weighted by Gasteiger charge is 2.29. The van der Waals surface area contributed by atoms with Gasteiger partial charge >= 0.3 is 6.09 Å². The Labute approximate surface area is 219 Å². The molecule has 3 heterocycles. The Balaban J connectivity index is 1.43. The van der Waals surface area contributed by atoms with Gasteiger partial charge in [0.25, 0.3) is 11.5 Å². The number of benzene rings is 1. The number of methoxy groups -OCH3 is 1.